The molecule has 2 aromatic rings. The number of nitrogens with one attached hydrogen (secondary N) is 2. The third kappa shape index (κ3) is 5.13. The molecule has 1 atom stereocenters. The average molecular weight is 396 g/mol. The van der Waals surface area contributed by atoms with Gasteiger partial charge in [-0.25, -0.2) is 0 Å². The number of anilines is 1. The lowest BCUT2D eigenvalue weighted by molar-refractivity contribution is -0.152. The number of hydrogen-bond acceptors (Lipinski definition) is 5. The molecule has 0 spiro atoms. The molecule has 3 rings (SSSR count). The highest BCUT2D eigenvalue weighted by Crippen LogP contribution is 2.25. The van der Waals surface area contributed by atoms with Gasteiger partial charge in [-0.3, -0.25) is 14.4 Å². The number of fused-ring (bicyclic) bond motifs is 1. The summed E-state index contributed by atoms with van der Waals surface area (Å²) in [5.74, 6) is -1.19. The topological polar surface area (TPSA) is 93.7 Å². The van der Waals surface area contributed by atoms with Crippen molar-refractivity contribution in [3.05, 3.63) is 59.2 Å². The SMILES string of the molecule is COc1ccccc1C(=O)NCC(=O)O[C@@H](C)C(=O)Nc1ccc2c(c1)CCC2. The highest BCUT2D eigenvalue weighted by molar-refractivity contribution is 5.99. The smallest absolute Gasteiger partial charge is 0.326 e. The zero-order valence-electron chi connectivity index (χ0n) is 16.5. The molecule has 2 amide bonds. The standard InChI is InChI=1S/C22H24N2O5/c1-14(21(26)24-17-11-10-15-6-5-7-16(15)12-17)29-20(25)13-23-22(27)18-8-3-4-9-19(18)28-2/h3-4,8-12,14H,5-7,13H2,1-2H3,(H,23,27)(H,24,26)/t14-/m0/s1. The van der Waals surface area contributed by atoms with Crippen LogP contribution in [0.3, 0.4) is 0 Å². The largest absolute Gasteiger partial charge is 0.496 e. The summed E-state index contributed by atoms with van der Waals surface area (Å²) >= 11 is 0. The van der Waals surface area contributed by atoms with Crippen LogP contribution >= 0.6 is 0 Å². The Labute approximate surface area is 169 Å². The maximum Gasteiger partial charge on any atom is 0.326 e. The summed E-state index contributed by atoms with van der Waals surface area (Å²) in [6.45, 7) is 1.13. The lowest BCUT2D eigenvalue weighted by atomic mass is 10.1. The molecular weight excluding hydrogens is 372 g/mol. The van der Waals surface area contributed by atoms with E-state index in [1.165, 1.54) is 25.2 Å². The number of carbonyl (C=O) groups excluding carboxylic acids is 3. The molecule has 0 unspecified atom stereocenters. The predicted octanol–water partition coefficient (Wildman–Crippen LogP) is 2.48. The number of ether oxygens (including phenoxy) is 2. The average Bonchev–Trinajstić information content (AvgIpc) is 3.19. The Morgan fingerprint density at radius 1 is 1.07 bits per heavy atom. The number of hydrogen-bond donors (Lipinski definition) is 2. The van der Waals surface area contributed by atoms with E-state index in [0.717, 1.165) is 19.3 Å². The highest BCUT2D eigenvalue weighted by atomic mass is 16.5. The van der Waals surface area contributed by atoms with E-state index in [9.17, 15) is 14.4 Å². The van der Waals surface area contributed by atoms with Crippen LogP contribution in [0.15, 0.2) is 42.5 Å². The van der Waals surface area contributed by atoms with E-state index in [4.69, 9.17) is 9.47 Å². The van der Waals surface area contributed by atoms with Gasteiger partial charge in [0.25, 0.3) is 11.8 Å². The molecule has 0 bridgehead atoms. The molecule has 0 fully saturated rings. The number of amides is 2. The fourth-order valence-electron chi connectivity index (χ4n) is 3.27. The molecule has 1 aliphatic carbocycles. The minimum Gasteiger partial charge on any atom is -0.496 e. The van der Waals surface area contributed by atoms with Crippen LogP contribution in [0.4, 0.5) is 5.69 Å². The van der Waals surface area contributed by atoms with E-state index >= 15 is 0 Å². The number of rotatable bonds is 7. The first kappa shape index (κ1) is 20.4. The maximum atomic E-state index is 12.3. The molecule has 152 valence electrons. The van der Waals surface area contributed by atoms with Crippen molar-refractivity contribution >= 4 is 23.5 Å². The fourth-order valence-corrected chi connectivity index (χ4v) is 3.27. The predicted molar refractivity (Wildman–Crippen MR) is 108 cm³/mol. The van der Waals surface area contributed by atoms with Gasteiger partial charge in [0.15, 0.2) is 6.10 Å². The first-order valence-electron chi connectivity index (χ1n) is 9.51. The molecule has 2 N–H and O–H groups in total. The Bertz CT molecular complexity index is 925. The summed E-state index contributed by atoms with van der Waals surface area (Å²) in [7, 11) is 1.46. The summed E-state index contributed by atoms with van der Waals surface area (Å²) in [5, 5.41) is 5.23. The molecule has 0 heterocycles. The van der Waals surface area contributed by atoms with Crippen LogP contribution in [-0.4, -0.2) is 37.5 Å². The minimum absolute atomic E-state index is 0.310. The molecule has 0 saturated heterocycles. The van der Waals surface area contributed by atoms with Crippen LogP contribution in [0.5, 0.6) is 5.75 Å². The number of para-hydroxylation sites is 1. The van der Waals surface area contributed by atoms with Crippen molar-refractivity contribution in [3.8, 4) is 5.75 Å². The first-order valence-corrected chi connectivity index (χ1v) is 9.51. The van der Waals surface area contributed by atoms with Crippen LogP contribution in [-0.2, 0) is 27.2 Å². The monoisotopic (exact) mass is 396 g/mol. The van der Waals surface area contributed by atoms with Gasteiger partial charge in [-0.05, 0) is 61.6 Å². The minimum atomic E-state index is -0.987. The van der Waals surface area contributed by atoms with Crippen molar-refractivity contribution in [2.24, 2.45) is 0 Å². The first-order chi connectivity index (χ1) is 14.0. The molecular formula is C22H24N2O5. The van der Waals surface area contributed by atoms with E-state index in [2.05, 4.69) is 10.6 Å². The number of carbonyl (C=O) groups is 3. The molecule has 7 nitrogen and oxygen atoms in total. The quantitative estimate of drug-likeness (QED) is 0.702. The summed E-state index contributed by atoms with van der Waals surface area (Å²) in [4.78, 5) is 36.5. The van der Waals surface area contributed by atoms with Crippen LogP contribution in [0.1, 0.15) is 34.8 Å². The van der Waals surface area contributed by atoms with Crippen molar-refractivity contribution in [1.29, 1.82) is 0 Å². The van der Waals surface area contributed by atoms with Crippen molar-refractivity contribution in [1.82, 2.24) is 5.32 Å². The Kier molecular flexibility index (Phi) is 6.49. The van der Waals surface area contributed by atoms with Gasteiger partial charge in [0.05, 0.1) is 12.7 Å². The molecule has 7 heteroatoms. The van der Waals surface area contributed by atoms with E-state index < -0.39 is 23.9 Å². The molecule has 0 aromatic heterocycles. The lowest BCUT2D eigenvalue weighted by Crippen LogP contribution is -2.36. The molecule has 0 radical (unpaired) electrons. The second-order valence-electron chi connectivity index (χ2n) is 6.84. The van der Waals surface area contributed by atoms with Gasteiger partial charge in [0.2, 0.25) is 0 Å². The second-order valence-corrected chi connectivity index (χ2v) is 6.84. The number of esters is 1. The van der Waals surface area contributed by atoms with Gasteiger partial charge in [-0.15, -0.1) is 0 Å². The molecule has 1 aliphatic rings. The summed E-state index contributed by atoms with van der Waals surface area (Å²) in [5.41, 5.74) is 3.55. The van der Waals surface area contributed by atoms with Gasteiger partial charge >= 0.3 is 5.97 Å². The van der Waals surface area contributed by atoms with Crippen molar-refractivity contribution in [2.45, 2.75) is 32.3 Å². The maximum absolute atomic E-state index is 12.3. The molecule has 0 aliphatic heterocycles. The fraction of sp³-hybridized carbons (Fsp3) is 0.318. The highest BCUT2D eigenvalue weighted by Gasteiger charge is 2.20. The molecule has 2 aromatic carbocycles. The Hall–Kier alpha value is -3.35. The number of aryl methyl sites for hydroxylation is 2. The van der Waals surface area contributed by atoms with E-state index in [0.29, 0.717) is 17.0 Å². The molecule has 0 saturated carbocycles. The van der Waals surface area contributed by atoms with E-state index in [1.807, 2.05) is 18.2 Å². The van der Waals surface area contributed by atoms with E-state index in [1.54, 1.807) is 24.3 Å². The Balaban J connectivity index is 1.48. The molecule has 29 heavy (non-hydrogen) atoms. The van der Waals surface area contributed by atoms with Crippen LogP contribution in [0.2, 0.25) is 0 Å². The van der Waals surface area contributed by atoms with Gasteiger partial charge in [0, 0.05) is 5.69 Å². The van der Waals surface area contributed by atoms with Crippen LogP contribution < -0.4 is 15.4 Å². The van der Waals surface area contributed by atoms with Crippen LogP contribution in [0.25, 0.3) is 0 Å². The van der Waals surface area contributed by atoms with Crippen molar-refractivity contribution < 1.29 is 23.9 Å². The van der Waals surface area contributed by atoms with Gasteiger partial charge in [0.1, 0.15) is 12.3 Å². The lowest BCUT2D eigenvalue weighted by Gasteiger charge is -2.15. The number of benzene rings is 2. The van der Waals surface area contributed by atoms with Crippen molar-refractivity contribution in [2.75, 3.05) is 19.0 Å². The summed E-state index contributed by atoms with van der Waals surface area (Å²) in [6, 6.07) is 12.5. The summed E-state index contributed by atoms with van der Waals surface area (Å²) in [6.07, 6.45) is 2.22. The second kappa shape index (κ2) is 9.23. The van der Waals surface area contributed by atoms with E-state index in [-0.39, 0.29) is 6.54 Å². The van der Waals surface area contributed by atoms with Gasteiger partial charge < -0.3 is 20.1 Å². The normalized spacial score (nSPS) is 13.2. The zero-order valence-corrected chi connectivity index (χ0v) is 16.5. The van der Waals surface area contributed by atoms with Crippen LogP contribution in [0, 0.1) is 0 Å². The third-order valence-corrected chi connectivity index (χ3v) is 4.79. The van der Waals surface area contributed by atoms with Crippen molar-refractivity contribution in [3.63, 3.8) is 0 Å². The zero-order chi connectivity index (χ0) is 20.8. The summed E-state index contributed by atoms with van der Waals surface area (Å²) < 4.78 is 10.2. The number of methoxy groups -OCH3 is 1. The van der Waals surface area contributed by atoms with Gasteiger partial charge in [-0.1, -0.05) is 18.2 Å². The van der Waals surface area contributed by atoms with Gasteiger partial charge in [-0.2, -0.15) is 0 Å². The third-order valence-electron chi connectivity index (χ3n) is 4.79. The Morgan fingerprint density at radius 3 is 2.62 bits per heavy atom. The Morgan fingerprint density at radius 2 is 1.83 bits per heavy atom.